The van der Waals surface area contributed by atoms with E-state index in [9.17, 15) is 4.79 Å². The van der Waals surface area contributed by atoms with E-state index in [2.05, 4.69) is 60.1 Å². The minimum atomic E-state index is -0.149. The lowest BCUT2D eigenvalue weighted by Crippen LogP contribution is -2.31. The molecule has 0 saturated carbocycles. The third-order valence-electron chi connectivity index (χ3n) is 6.45. The summed E-state index contributed by atoms with van der Waals surface area (Å²) in [4.78, 5) is 19.8. The van der Waals surface area contributed by atoms with Gasteiger partial charge in [-0.25, -0.2) is 9.48 Å². The predicted octanol–water partition coefficient (Wildman–Crippen LogP) is 5.80. The number of hydrogen-bond donors (Lipinski definition) is 0. The standard InChI is InChI=1S/C29H30N6OS/c1-20(2)18-34-26-25(28(37)33(4)29(34)36)27(32(3)23-10-6-5-7-11-23)35(31-26)19-21-13-15-22(16-14-21)24-12-8-9-17-30-24/h5-17,20H,18-19H2,1-4H3. The second kappa shape index (κ2) is 10.1. The molecule has 0 amide bonds. The average molecular weight is 511 g/mol. The Balaban J connectivity index is 1.68. The van der Waals surface area contributed by atoms with E-state index >= 15 is 0 Å². The van der Waals surface area contributed by atoms with Gasteiger partial charge in [-0.1, -0.05) is 74.6 Å². The Morgan fingerprint density at radius 1 is 0.973 bits per heavy atom. The Morgan fingerprint density at radius 3 is 2.32 bits per heavy atom. The molecule has 3 heterocycles. The van der Waals surface area contributed by atoms with Crippen LogP contribution in [-0.4, -0.2) is 30.9 Å². The maximum Gasteiger partial charge on any atom is 0.330 e. The molecule has 5 aromatic rings. The van der Waals surface area contributed by atoms with Crippen molar-refractivity contribution < 1.29 is 0 Å². The van der Waals surface area contributed by atoms with E-state index in [1.165, 1.54) is 0 Å². The smallest absolute Gasteiger partial charge is 0.329 e. The monoisotopic (exact) mass is 510 g/mol. The largest absolute Gasteiger partial charge is 0.330 e. The van der Waals surface area contributed by atoms with Gasteiger partial charge in [0.2, 0.25) is 0 Å². The summed E-state index contributed by atoms with van der Waals surface area (Å²) in [5.41, 5.74) is 4.55. The maximum absolute atomic E-state index is 13.2. The molecule has 0 aliphatic rings. The Bertz CT molecular complexity index is 1650. The van der Waals surface area contributed by atoms with Gasteiger partial charge in [0.05, 0.1) is 17.6 Å². The van der Waals surface area contributed by atoms with Crippen LogP contribution in [0.15, 0.2) is 83.8 Å². The first-order valence-corrected chi connectivity index (χ1v) is 12.8. The molecule has 0 unspecified atom stereocenters. The zero-order valence-corrected chi connectivity index (χ0v) is 22.3. The van der Waals surface area contributed by atoms with Crippen molar-refractivity contribution in [2.45, 2.75) is 26.9 Å². The molecule has 2 aromatic carbocycles. The van der Waals surface area contributed by atoms with Crippen molar-refractivity contribution in [2.75, 3.05) is 11.9 Å². The number of rotatable bonds is 7. The molecule has 0 saturated heterocycles. The average Bonchev–Trinajstić information content (AvgIpc) is 3.29. The molecule has 0 atom stereocenters. The lowest BCUT2D eigenvalue weighted by atomic mass is 10.1. The zero-order chi connectivity index (χ0) is 26.1. The molecule has 188 valence electrons. The van der Waals surface area contributed by atoms with Crippen LogP contribution in [0.5, 0.6) is 0 Å². The second-order valence-electron chi connectivity index (χ2n) is 9.64. The zero-order valence-electron chi connectivity index (χ0n) is 21.5. The summed E-state index contributed by atoms with van der Waals surface area (Å²) >= 11 is 5.82. The van der Waals surface area contributed by atoms with Crippen LogP contribution in [0.4, 0.5) is 11.5 Å². The fraction of sp³-hybridized carbons (Fsp3) is 0.241. The number of hydrogen-bond acceptors (Lipinski definition) is 5. The molecule has 0 aliphatic heterocycles. The molecular weight excluding hydrogens is 480 g/mol. The molecule has 0 fully saturated rings. The molecular formula is C29H30N6OS. The fourth-order valence-electron chi connectivity index (χ4n) is 4.59. The van der Waals surface area contributed by atoms with Gasteiger partial charge in [0, 0.05) is 38.1 Å². The molecule has 0 bridgehead atoms. The van der Waals surface area contributed by atoms with Crippen molar-refractivity contribution >= 4 is 34.8 Å². The van der Waals surface area contributed by atoms with Crippen LogP contribution >= 0.6 is 12.2 Å². The number of para-hydroxylation sites is 1. The predicted molar refractivity (Wildman–Crippen MR) is 152 cm³/mol. The topological polar surface area (TPSA) is 60.9 Å². The first-order chi connectivity index (χ1) is 17.8. The summed E-state index contributed by atoms with van der Waals surface area (Å²) in [6, 6.07) is 24.4. The van der Waals surface area contributed by atoms with Crippen molar-refractivity contribution in [2.24, 2.45) is 13.0 Å². The number of pyridine rings is 1. The van der Waals surface area contributed by atoms with Crippen molar-refractivity contribution in [1.82, 2.24) is 23.9 Å². The SMILES string of the molecule is CC(C)Cn1c(=O)n(C)c(=S)c2c(N(C)c3ccccc3)n(Cc3ccc(-c4ccccn4)cc3)nc21. The van der Waals surface area contributed by atoms with Gasteiger partial charge in [-0.15, -0.1) is 0 Å². The van der Waals surface area contributed by atoms with Crippen molar-refractivity contribution in [3.8, 4) is 11.3 Å². The van der Waals surface area contributed by atoms with Gasteiger partial charge in [0.1, 0.15) is 10.5 Å². The van der Waals surface area contributed by atoms with E-state index in [-0.39, 0.29) is 11.6 Å². The summed E-state index contributed by atoms with van der Waals surface area (Å²) in [5.74, 6) is 1.13. The van der Waals surface area contributed by atoms with E-state index in [0.717, 1.165) is 33.7 Å². The van der Waals surface area contributed by atoms with Crippen LogP contribution in [0.3, 0.4) is 0 Å². The van der Waals surface area contributed by atoms with Crippen LogP contribution in [0, 0.1) is 10.6 Å². The van der Waals surface area contributed by atoms with Crippen LogP contribution in [-0.2, 0) is 20.1 Å². The molecule has 0 N–H and O–H groups in total. The highest BCUT2D eigenvalue weighted by molar-refractivity contribution is 7.71. The van der Waals surface area contributed by atoms with Crippen molar-refractivity contribution in [3.63, 3.8) is 0 Å². The molecule has 0 spiro atoms. The number of aromatic nitrogens is 5. The summed E-state index contributed by atoms with van der Waals surface area (Å²) in [6.45, 7) is 5.27. The van der Waals surface area contributed by atoms with E-state index in [1.807, 2.05) is 48.1 Å². The van der Waals surface area contributed by atoms with E-state index < -0.39 is 0 Å². The summed E-state index contributed by atoms with van der Waals surface area (Å²) in [7, 11) is 3.75. The van der Waals surface area contributed by atoms with Gasteiger partial charge in [0.15, 0.2) is 5.65 Å². The van der Waals surface area contributed by atoms with Gasteiger partial charge >= 0.3 is 5.69 Å². The summed E-state index contributed by atoms with van der Waals surface area (Å²) < 4.78 is 5.74. The van der Waals surface area contributed by atoms with Gasteiger partial charge in [-0.05, 0) is 35.7 Å². The molecule has 7 nitrogen and oxygen atoms in total. The molecule has 0 aliphatic carbocycles. The normalized spacial score (nSPS) is 11.4. The lowest BCUT2D eigenvalue weighted by Gasteiger charge is -2.21. The number of anilines is 2. The third kappa shape index (κ3) is 4.72. The van der Waals surface area contributed by atoms with Crippen molar-refractivity contribution in [3.05, 3.63) is 99.7 Å². The van der Waals surface area contributed by atoms with Crippen LogP contribution < -0.4 is 10.6 Å². The quantitative estimate of drug-likeness (QED) is 0.259. The maximum atomic E-state index is 13.2. The van der Waals surface area contributed by atoms with Crippen LogP contribution in [0.2, 0.25) is 0 Å². The molecule has 3 aromatic heterocycles. The van der Waals surface area contributed by atoms with Gasteiger partial charge in [-0.3, -0.25) is 14.1 Å². The van der Waals surface area contributed by atoms with E-state index in [1.54, 1.807) is 22.4 Å². The summed E-state index contributed by atoms with van der Waals surface area (Å²) in [6.07, 6.45) is 1.80. The first-order valence-electron chi connectivity index (χ1n) is 12.3. The number of fused-ring (bicyclic) bond motifs is 1. The minimum Gasteiger partial charge on any atom is -0.329 e. The highest BCUT2D eigenvalue weighted by Crippen LogP contribution is 2.32. The minimum absolute atomic E-state index is 0.149. The van der Waals surface area contributed by atoms with Crippen LogP contribution in [0.25, 0.3) is 22.3 Å². The third-order valence-corrected chi connectivity index (χ3v) is 6.93. The second-order valence-corrected chi connectivity index (χ2v) is 10.0. The van der Waals surface area contributed by atoms with Gasteiger partial charge < -0.3 is 4.90 Å². The molecule has 0 radical (unpaired) electrons. The molecule has 37 heavy (non-hydrogen) atoms. The molecule has 5 rings (SSSR count). The Labute approximate surface area is 221 Å². The number of benzene rings is 2. The lowest BCUT2D eigenvalue weighted by molar-refractivity contribution is 0.499. The Hall–Kier alpha value is -4.04. The number of nitrogens with zero attached hydrogens (tertiary/aromatic N) is 6. The van der Waals surface area contributed by atoms with Gasteiger partial charge in [0.25, 0.3) is 0 Å². The highest BCUT2D eigenvalue weighted by Gasteiger charge is 2.23. The molecule has 8 heteroatoms. The Kier molecular flexibility index (Phi) is 6.76. The highest BCUT2D eigenvalue weighted by atomic mass is 32.1. The van der Waals surface area contributed by atoms with E-state index in [4.69, 9.17) is 17.3 Å². The van der Waals surface area contributed by atoms with Crippen molar-refractivity contribution in [1.29, 1.82) is 0 Å². The fourth-order valence-corrected chi connectivity index (χ4v) is 4.85. The van der Waals surface area contributed by atoms with Crippen LogP contribution in [0.1, 0.15) is 19.4 Å². The van der Waals surface area contributed by atoms with Gasteiger partial charge in [-0.2, -0.15) is 5.10 Å². The first kappa shape index (κ1) is 24.6. The van der Waals surface area contributed by atoms with E-state index in [0.29, 0.717) is 23.4 Å². The summed E-state index contributed by atoms with van der Waals surface area (Å²) in [5, 5.41) is 5.80. The Morgan fingerprint density at radius 2 is 1.68 bits per heavy atom.